The van der Waals surface area contributed by atoms with Gasteiger partial charge in [-0.15, -0.1) is 0 Å². The maximum Gasteiger partial charge on any atom is 0.163 e. The SMILES string of the molecule is CSC(C)CCNc1ncnc2c1cnn2C. The Morgan fingerprint density at radius 2 is 2.29 bits per heavy atom. The molecular formula is C11H17N5S. The molecular weight excluding hydrogens is 234 g/mol. The summed E-state index contributed by atoms with van der Waals surface area (Å²) in [5.74, 6) is 0.872. The van der Waals surface area contributed by atoms with Gasteiger partial charge in [-0.3, -0.25) is 4.68 Å². The molecule has 2 aromatic rings. The number of aromatic nitrogens is 4. The van der Waals surface area contributed by atoms with Crippen molar-refractivity contribution in [1.82, 2.24) is 19.7 Å². The summed E-state index contributed by atoms with van der Waals surface area (Å²) < 4.78 is 1.76. The molecule has 2 aromatic heterocycles. The third kappa shape index (κ3) is 2.69. The van der Waals surface area contributed by atoms with E-state index in [-0.39, 0.29) is 0 Å². The van der Waals surface area contributed by atoms with Gasteiger partial charge < -0.3 is 5.32 Å². The van der Waals surface area contributed by atoms with Crippen LogP contribution in [0, 0.1) is 0 Å². The first-order valence-electron chi connectivity index (χ1n) is 5.61. The Hall–Kier alpha value is -1.30. The van der Waals surface area contributed by atoms with Gasteiger partial charge in [-0.1, -0.05) is 6.92 Å². The molecule has 0 fully saturated rings. The first kappa shape index (κ1) is 12.2. The van der Waals surface area contributed by atoms with Gasteiger partial charge in [0.25, 0.3) is 0 Å². The number of nitrogens with one attached hydrogen (secondary N) is 1. The highest BCUT2D eigenvalue weighted by atomic mass is 32.2. The van der Waals surface area contributed by atoms with Crippen LogP contribution >= 0.6 is 11.8 Å². The van der Waals surface area contributed by atoms with Crippen LogP contribution in [-0.4, -0.2) is 37.8 Å². The highest BCUT2D eigenvalue weighted by Gasteiger charge is 2.07. The predicted molar refractivity (Wildman–Crippen MR) is 72.4 cm³/mol. The van der Waals surface area contributed by atoms with Crippen LogP contribution in [0.4, 0.5) is 5.82 Å². The van der Waals surface area contributed by atoms with Crippen molar-refractivity contribution in [3.05, 3.63) is 12.5 Å². The van der Waals surface area contributed by atoms with E-state index in [2.05, 4.69) is 33.6 Å². The van der Waals surface area contributed by atoms with Crippen molar-refractivity contribution in [3.8, 4) is 0 Å². The average molecular weight is 251 g/mol. The van der Waals surface area contributed by atoms with Crippen LogP contribution in [0.5, 0.6) is 0 Å². The number of thioether (sulfide) groups is 1. The molecule has 0 bridgehead atoms. The third-order valence-corrected chi connectivity index (χ3v) is 3.82. The first-order valence-corrected chi connectivity index (χ1v) is 6.90. The van der Waals surface area contributed by atoms with Gasteiger partial charge in [-0.05, 0) is 12.7 Å². The van der Waals surface area contributed by atoms with Gasteiger partial charge in [-0.2, -0.15) is 16.9 Å². The van der Waals surface area contributed by atoms with Gasteiger partial charge in [0, 0.05) is 18.8 Å². The van der Waals surface area contributed by atoms with Crippen molar-refractivity contribution in [2.45, 2.75) is 18.6 Å². The summed E-state index contributed by atoms with van der Waals surface area (Å²) in [6, 6.07) is 0. The lowest BCUT2D eigenvalue weighted by atomic mass is 10.3. The van der Waals surface area contributed by atoms with Crippen LogP contribution in [0.2, 0.25) is 0 Å². The van der Waals surface area contributed by atoms with Crippen LogP contribution in [0.15, 0.2) is 12.5 Å². The standard InChI is InChI=1S/C11H17N5S/c1-8(17-3)4-5-12-10-9-6-15-16(2)11(9)14-7-13-10/h6-8H,4-5H2,1-3H3,(H,12,13,14). The van der Waals surface area contributed by atoms with Crippen molar-refractivity contribution in [2.24, 2.45) is 7.05 Å². The summed E-state index contributed by atoms with van der Waals surface area (Å²) in [6.07, 6.45) is 6.63. The maximum absolute atomic E-state index is 4.26. The lowest BCUT2D eigenvalue weighted by Crippen LogP contribution is -2.09. The molecule has 5 nitrogen and oxygen atoms in total. The van der Waals surface area contributed by atoms with E-state index in [0.29, 0.717) is 5.25 Å². The molecule has 1 atom stereocenters. The van der Waals surface area contributed by atoms with Crippen molar-refractivity contribution in [3.63, 3.8) is 0 Å². The van der Waals surface area contributed by atoms with E-state index in [1.807, 2.05) is 18.8 Å². The van der Waals surface area contributed by atoms with Crippen LogP contribution < -0.4 is 5.32 Å². The Labute approximate surface area is 105 Å². The van der Waals surface area contributed by atoms with Gasteiger partial charge in [-0.25, -0.2) is 9.97 Å². The predicted octanol–water partition coefficient (Wildman–Crippen LogP) is 1.92. The number of hydrogen-bond acceptors (Lipinski definition) is 5. The van der Waals surface area contributed by atoms with E-state index in [0.717, 1.165) is 29.8 Å². The Balaban J connectivity index is 2.08. The summed E-state index contributed by atoms with van der Waals surface area (Å²) in [7, 11) is 1.88. The van der Waals surface area contributed by atoms with Crippen LogP contribution in [0.3, 0.4) is 0 Å². The number of fused-ring (bicyclic) bond motifs is 1. The Morgan fingerprint density at radius 3 is 3.06 bits per heavy atom. The summed E-state index contributed by atoms with van der Waals surface area (Å²) >= 11 is 1.88. The number of rotatable bonds is 5. The molecule has 0 aliphatic heterocycles. The van der Waals surface area contributed by atoms with Crippen molar-refractivity contribution >= 4 is 28.6 Å². The molecule has 0 aliphatic carbocycles. The smallest absolute Gasteiger partial charge is 0.163 e. The minimum atomic E-state index is 0.661. The van der Waals surface area contributed by atoms with Gasteiger partial charge >= 0.3 is 0 Å². The van der Waals surface area contributed by atoms with Crippen molar-refractivity contribution < 1.29 is 0 Å². The fourth-order valence-electron chi connectivity index (χ4n) is 1.61. The molecule has 0 saturated heterocycles. The quantitative estimate of drug-likeness (QED) is 0.879. The molecule has 0 radical (unpaired) electrons. The zero-order valence-corrected chi connectivity index (χ0v) is 11.2. The number of anilines is 1. The number of aryl methyl sites for hydroxylation is 1. The van der Waals surface area contributed by atoms with E-state index in [4.69, 9.17) is 0 Å². The number of nitrogens with zero attached hydrogens (tertiary/aromatic N) is 4. The fraction of sp³-hybridized carbons (Fsp3) is 0.545. The molecule has 17 heavy (non-hydrogen) atoms. The van der Waals surface area contributed by atoms with Crippen molar-refractivity contribution in [1.29, 1.82) is 0 Å². The second-order valence-corrected chi connectivity index (χ2v) is 5.27. The zero-order chi connectivity index (χ0) is 12.3. The minimum absolute atomic E-state index is 0.661. The first-order chi connectivity index (χ1) is 8.22. The molecule has 1 N–H and O–H groups in total. The molecule has 6 heteroatoms. The number of hydrogen-bond donors (Lipinski definition) is 1. The maximum atomic E-state index is 4.26. The van der Waals surface area contributed by atoms with E-state index in [1.165, 1.54) is 0 Å². The van der Waals surface area contributed by atoms with Crippen LogP contribution in [0.1, 0.15) is 13.3 Å². The molecule has 2 rings (SSSR count). The summed E-state index contributed by atoms with van der Waals surface area (Å²) in [6.45, 7) is 3.15. The Bertz CT molecular complexity index is 496. The molecule has 0 aliphatic rings. The van der Waals surface area contributed by atoms with Gasteiger partial charge in [0.2, 0.25) is 0 Å². The lowest BCUT2D eigenvalue weighted by molar-refractivity contribution is 0.785. The summed E-state index contributed by atoms with van der Waals surface area (Å²) in [5, 5.41) is 9.17. The van der Waals surface area contributed by atoms with E-state index < -0.39 is 0 Å². The van der Waals surface area contributed by atoms with E-state index in [1.54, 1.807) is 17.2 Å². The van der Waals surface area contributed by atoms with E-state index >= 15 is 0 Å². The monoisotopic (exact) mass is 251 g/mol. The van der Waals surface area contributed by atoms with E-state index in [9.17, 15) is 0 Å². The van der Waals surface area contributed by atoms with Crippen LogP contribution in [0.25, 0.3) is 11.0 Å². The highest BCUT2D eigenvalue weighted by molar-refractivity contribution is 7.99. The zero-order valence-electron chi connectivity index (χ0n) is 10.3. The fourth-order valence-corrected chi connectivity index (χ4v) is 1.97. The molecule has 0 aromatic carbocycles. The molecule has 0 amide bonds. The molecule has 2 heterocycles. The topological polar surface area (TPSA) is 55.6 Å². The summed E-state index contributed by atoms with van der Waals surface area (Å²) in [5.41, 5.74) is 0.861. The van der Waals surface area contributed by atoms with Crippen LogP contribution in [-0.2, 0) is 7.05 Å². The Morgan fingerprint density at radius 1 is 1.47 bits per heavy atom. The second kappa shape index (κ2) is 5.35. The molecule has 0 saturated carbocycles. The summed E-state index contributed by atoms with van der Waals surface area (Å²) in [4.78, 5) is 8.47. The van der Waals surface area contributed by atoms with Gasteiger partial charge in [0.1, 0.15) is 12.1 Å². The Kier molecular flexibility index (Phi) is 3.83. The third-order valence-electron chi connectivity index (χ3n) is 2.78. The lowest BCUT2D eigenvalue weighted by Gasteiger charge is -2.09. The van der Waals surface area contributed by atoms with Gasteiger partial charge in [0.15, 0.2) is 5.65 Å². The highest BCUT2D eigenvalue weighted by Crippen LogP contribution is 2.18. The van der Waals surface area contributed by atoms with Crippen molar-refractivity contribution in [2.75, 3.05) is 18.1 Å². The molecule has 1 unspecified atom stereocenters. The van der Waals surface area contributed by atoms with Gasteiger partial charge in [0.05, 0.1) is 11.6 Å². The molecule has 0 spiro atoms. The molecule has 92 valence electrons. The largest absolute Gasteiger partial charge is 0.369 e. The second-order valence-electron chi connectivity index (χ2n) is 3.99. The average Bonchev–Trinajstić information content (AvgIpc) is 2.72. The normalized spacial score (nSPS) is 12.9. The minimum Gasteiger partial charge on any atom is -0.369 e.